The Balaban J connectivity index is 3.21. The first-order valence-electron chi connectivity index (χ1n) is 5.13. The van der Waals surface area contributed by atoms with Crippen LogP contribution < -0.4 is 15.2 Å². The number of methoxy groups -OCH3 is 2. The van der Waals surface area contributed by atoms with Gasteiger partial charge in [-0.25, -0.2) is 8.42 Å². The monoisotopic (exact) mass is 337 g/mol. The highest BCUT2D eigenvalue weighted by Gasteiger charge is 2.19. The summed E-state index contributed by atoms with van der Waals surface area (Å²) in [7, 11) is -0.128. The van der Waals surface area contributed by atoms with Crippen molar-refractivity contribution < 1.29 is 17.9 Å². The molecule has 0 aliphatic carbocycles. The number of hydrogen-bond donors (Lipinski definition) is 1. The van der Waals surface area contributed by atoms with E-state index in [9.17, 15) is 8.42 Å². The lowest BCUT2D eigenvalue weighted by Crippen LogP contribution is -2.21. The third kappa shape index (κ3) is 3.86. The molecule has 0 saturated carbocycles. The summed E-state index contributed by atoms with van der Waals surface area (Å²) in [5, 5.41) is 0. The molecule has 0 heterocycles. The molecule has 0 saturated heterocycles. The van der Waals surface area contributed by atoms with Crippen LogP contribution in [-0.4, -0.2) is 34.6 Å². The van der Waals surface area contributed by atoms with Gasteiger partial charge in [-0.2, -0.15) is 0 Å². The maximum Gasteiger partial charge on any atom is 0.149 e. The van der Waals surface area contributed by atoms with Crippen LogP contribution in [0.15, 0.2) is 16.6 Å². The van der Waals surface area contributed by atoms with Gasteiger partial charge in [-0.3, -0.25) is 0 Å². The van der Waals surface area contributed by atoms with E-state index in [0.29, 0.717) is 17.1 Å². The summed E-state index contributed by atoms with van der Waals surface area (Å²) < 4.78 is 33.6. The number of rotatable bonds is 5. The number of hydrogen-bond acceptors (Lipinski definition) is 5. The van der Waals surface area contributed by atoms with E-state index < -0.39 is 15.9 Å². The molecule has 0 bridgehead atoms. The maximum absolute atomic E-state index is 11.3. The number of nitrogens with two attached hydrogens (primary N) is 1. The number of benzene rings is 1. The van der Waals surface area contributed by atoms with Crippen molar-refractivity contribution in [3.8, 4) is 11.5 Å². The second-order valence-corrected chi connectivity index (χ2v) is 6.97. The minimum absolute atomic E-state index is 0.145. The van der Waals surface area contributed by atoms with Crippen molar-refractivity contribution in [1.29, 1.82) is 0 Å². The summed E-state index contributed by atoms with van der Waals surface area (Å²) in [4.78, 5) is 0. The fourth-order valence-electron chi connectivity index (χ4n) is 1.59. The number of halogens is 1. The molecule has 0 aliphatic rings. The lowest BCUT2D eigenvalue weighted by atomic mass is 10.1. The van der Waals surface area contributed by atoms with Gasteiger partial charge in [-0.05, 0) is 28.1 Å². The lowest BCUT2D eigenvalue weighted by molar-refractivity contribution is 0.394. The standard InChI is InChI=1S/C11H16BrNO4S/c1-16-10-5-8(12)11(17-2)4-7(10)9(13)6-18(3,14)15/h4-5,9H,6,13H2,1-3H3. The third-order valence-corrected chi connectivity index (χ3v) is 3.97. The Kier molecular flexibility index (Phi) is 5.01. The van der Waals surface area contributed by atoms with Crippen molar-refractivity contribution in [2.75, 3.05) is 26.2 Å². The van der Waals surface area contributed by atoms with Crippen molar-refractivity contribution in [1.82, 2.24) is 0 Å². The zero-order chi connectivity index (χ0) is 13.9. The summed E-state index contributed by atoms with van der Waals surface area (Å²) in [6.07, 6.45) is 1.15. The van der Waals surface area contributed by atoms with Crippen LogP contribution in [0.5, 0.6) is 11.5 Å². The molecule has 7 heteroatoms. The Morgan fingerprint density at radius 3 is 2.28 bits per heavy atom. The number of sulfone groups is 1. The maximum atomic E-state index is 11.3. The quantitative estimate of drug-likeness (QED) is 0.880. The second kappa shape index (κ2) is 5.90. The predicted molar refractivity (Wildman–Crippen MR) is 73.9 cm³/mol. The summed E-state index contributed by atoms with van der Waals surface area (Å²) in [6.45, 7) is 0. The molecule has 0 amide bonds. The van der Waals surface area contributed by atoms with Crippen LogP contribution >= 0.6 is 15.9 Å². The van der Waals surface area contributed by atoms with Gasteiger partial charge in [0.15, 0.2) is 0 Å². The highest BCUT2D eigenvalue weighted by atomic mass is 79.9. The molecule has 1 atom stereocenters. The van der Waals surface area contributed by atoms with Gasteiger partial charge in [-0.15, -0.1) is 0 Å². The average Bonchev–Trinajstić information content (AvgIpc) is 2.26. The van der Waals surface area contributed by atoms with E-state index in [-0.39, 0.29) is 5.75 Å². The fraction of sp³-hybridized carbons (Fsp3) is 0.455. The summed E-state index contributed by atoms with van der Waals surface area (Å²) in [5.74, 6) is 0.960. The largest absolute Gasteiger partial charge is 0.496 e. The minimum Gasteiger partial charge on any atom is -0.496 e. The highest BCUT2D eigenvalue weighted by molar-refractivity contribution is 9.10. The lowest BCUT2D eigenvalue weighted by Gasteiger charge is -2.17. The van der Waals surface area contributed by atoms with Crippen LogP contribution in [0.4, 0.5) is 0 Å². The van der Waals surface area contributed by atoms with Crippen molar-refractivity contribution in [2.24, 2.45) is 5.73 Å². The number of ether oxygens (including phenoxy) is 2. The zero-order valence-corrected chi connectivity index (χ0v) is 12.8. The molecule has 1 aromatic carbocycles. The normalized spacial score (nSPS) is 13.2. The first-order valence-corrected chi connectivity index (χ1v) is 7.98. The average molecular weight is 338 g/mol. The van der Waals surface area contributed by atoms with Gasteiger partial charge < -0.3 is 15.2 Å². The van der Waals surface area contributed by atoms with Crippen LogP contribution in [0.3, 0.4) is 0 Å². The van der Waals surface area contributed by atoms with E-state index in [0.717, 1.165) is 10.7 Å². The van der Waals surface area contributed by atoms with E-state index in [4.69, 9.17) is 15.2 Å². The Bertz CT molecular complexity index is 530. The Hall–Kier alpha value is -0.790. The summed E-state index contributed by atoms with van der Waals surface area (Å²) in [6, 6.07) is 2.73. The predicted octanol–water partition coefficient (Wildman–Crippen LogP) is 1.51. The van der Waals surface area contributed by atoms with Gasteiger partial charge >= 0.3 is 0 Å². The van der Waals surface area contributed by atoms with Gasteiger partial charge in [0.25, 0.3) is 0 Å². The first kappa shape index (κ1) is 15.3. The third-order valence-electron chi connectivity index (χ3n) is 2.39. The molecule has 0 aromatic heterocycles. The van der Waals surface area contributed by atoms with Crippen LogP contribution in [0.2, 0.25) is 0 Å². The first-order chi connectivity index (χ1) is 8.28. The second-order valence-electron chi connectivity index (χ2n) is 3.93. The van der Waals surface area contributed by atoms with E-state index in [1.165, 1.54) is 14.2 Å². The highest BCUT2D eigenvalue weighted by Crippen LogP contribution is 2.35. The molecule has 5 nitrogen and oxygen atoms in total. The van der Waals surface area contributed by atoms with Gasteiger partial charge in [0.2, 0.25) is 0 Å². The molecule has 18 heavy (non-hydrogen) atoms. The van der Waals surface area contributed by atoms with Gasteiger partial charge in [0.1, 0.15) is 21.3 Å². The molecular formula is C11H16BrNO4S. The van der Waals surface area contributed by atoms with E-state index in [2.05, 4.69) is 15.9 Å². The fourth-order valence-corrected chi connectivity index (χ4v) is 2.91. The van der Waals surface area contributed by atoms with E-state index in [1.54, 1.807) is 12.1 Å². The smallest absolute Gasteiger partial charge is 0.149 e. The van der Waals surface area contributed by atoms with E-state index in [1.807, 2.05) is 0 Å². The van der Waals surface area contributed by atoms with Gasteiger partial charge in [0, 0.05) is 17.9 Å². The van der Waals surface area contributed by atoms with Gasteiger partial charge in [-0.1, -0.05) is 0 Å². The molecule has 102 valence electrons. The van der Waals surface area contributed by atoms with Crippen LogP contribution in [0.25, 0.3) is 0 Å². The Morgan fingerprint density at radius 2 is 1.83 bits per heavy atom. The van der Waals surface area contributed by atoms with E-state index >= 15 is 0 Å². The molecule has 0 fully saturated rings. The Morgan fingerprint density at radius 1 is 1.28 bits per heavy atom. The summed E-state index contributed by atoms with van der Waals surface area (Å²) >= 11 is 3.33. The molecule has 1 aromatic rings. The van der Waals surface area contributed by atoms with Crippen molar-refractivity contribution in [3.63, 3.8) is 0 Å². The molecule has 2 N–H and O–H groups in total. The molecule has 0 spiro atoms. The van der Waals surface area contributed by atoms with Crippen molar-refractivity contribution in [3.05, 3.63) is 22.2 Å². The molecule has 0 aliphatic heterocycles. The molecular weight excluding hydrogens is 322 g/mol. The minimum atomic E-state index is -3.16. The molecule has 1 unspecified atom stereocenters. The van der Waals surface area contributed by atoms with Gasteiger partial charge in [0.05, 0.1) is 24.4 Å². The van der Waals surface area contributed by atoms with Crippen LogP contribution in [-0.2, 0) is 9.84 Å². The van der Waals surface area contributed by atoms with Crippen LogP contribution in [0, 0.1) is 0 Å². The zero-order valence-electron chi connectivity index (χ0n) is 10.4. The topological polar surface area (TPSA) is 78.6 Å². The SMILES string of the molecule is COc1cc(C(N)CS(C)(=O)=O)c(OC)cc1Br. The van der Waals surface area contributed by atoms with Crippen LogP contribution in [0.1, 0.15) is 11.6 Å². The Labute approximate surface area is 115 Å². The molecule has 0 radical (unpaired) electrons. The van der Waals surface area contributed by atoms with Crippen molar-refractivity contribution in [2.45, 2.75) is 6.04 Å². The molecule has 1 rings (SSSR count). The summed E-state index contributed by atoms with van der Waals surface area (Å²) in [5.41, 5.74) is 6.50. The van der Waals surface area contributed by atoms with Crippen molar-refractivity contribution >= 4 is 25.8 Å².